The van der Waals surface area contributed by atoms with Crippen LogP contribution in [0.3, 0.4) is 0 Å². The summed E-state index contributed by atoms with van der Waals surface area (Å²) in [4.78, 5) is 28.5. The fourth-order valence-corrected chi connectivity index (χ4v) is 3.22. The quantitative estimate of drug-likeness (QED) is 0.783. The average molecular weight is 407 g/mol. The summed E-state index contributed by atoms with van der Waals surface area (Å²) in [6.07, 6.45) is 0. The van der Waals surface area contributed by atoms with Crippen LogP contribution in [0.4, 0.5) is 4.39 Å². The molecule has 1 aliphatic heterocycles. The second kappa shape index (κ2) is 8.48. The molecule has 0 aromatic heterocycles. The van der Waals surface area contributed by atoms with Crippen molar-refractivity contribution in [3.8, 4) is 11.5 Å². The molecule has 1 aliphatic rings. The van der Waals surface area contributed by atoms with Gasteiger partial charge in [0.2, 0.25) is 0 Å². The molecule has 2 aromatic rings. The topological polar surface area (TPSA) is 59.1 Å². The number of rotatable bonds is 4. The lowest BCUT2D eigenvalue weighted by molar-refractivity contribution is 0.0532. The molecule has 1 fully saturated rings. The van der Waals surface area contributed by atoms with Gasteiger partial charge in [-0.2, -0.15) is 0 Å². The number of ether oxygens (including phenoxy) is 2. The number of amides is 2. The molecule has 0 aliphatic carbocycles. The van der Waals surface area contributed by atoms with Crippen molar-refractivity contribution in [3.05, 3.63) is 58.4 Å². The van der Waals surface area contributed by atoms with Crippen LogP contribution in [0.5, 0.6) is 11.5 Å². The van der Waals surface area contributed by atoms with Gasteiger partial charge in [0.05, 0.1) is 19.8 Å². The van der Waals surface area contributed by atoms with Gasteiger partial charge < -0.3 is 19.3 Å². The van der Waals surface area contributed by atoms with Crippen LogP contribution in [0.25, 0.3) is 0 Å². The van der Waals surface area contributed by atoms with Crippen LogP contribution >= 0.6 is 11.6 Å². The summed E-state index contributed by atoms with van der Waals surface area (Å²) in [7, 11) is 3.03. The lowest BCUT2D eigenvalue weighted by Crippen LogP contribution is -2.50. The standard InChI is InChI=1S/C20H20ClFN2O4/c1-27-15-9-13(10-16(12-15)28-2)19(25)23-5-7-24(8-6-23)20(26)17-4-3-14(21)11-18(17)22/h3-4,9-12H,5-8H2,1-2H3. The summed E-state index contributed by atoms with van der Waals surface area (Å²) in [5, 5.41) is 0.234. The van der Waals surface area contributed by atoms with E-state index in [-0.39, 0.29) is 16.5 Å². The van der Waals surface area contributed by atoms with E-state index in [0.29, 0.717) is 43.2 Å². The largest absolute Gasteiger partial charge is 0.497 e. The Kier molecular flexibility index (Phi) is 6.04. The molecular weight excluding hydrogens is 387 g/mol. The zero-order valence-electron chi connectivity index (χ0n) is 15.6. The molecule has 0 saturated carbocycles. The summed E-state index contributed by atoms with van der Waals surface area (Å²) >= 11 is 5.74. The van der Waals surface area contributed by atoms with Crippen molar-refractivity contribution in [1.82, 2.24) is 9.80 Å². The Labute approximate surface area is 167 Å². The molecule has 148 valence electrons. The minimum atomic E-state index is -0.653. The Morgan fingerprint density at radius 3 is 1.93 bits per heavy atom. The number of benzene rings is 2. The third kappa shape index (κ3) is 4.20. The fraction of sp³-hybridized carbons (Fsp3) is 0.300. The van der Waals surface area contributed by atoms with Gasteiger partial charge in [-0.25, -0.2) is 4.39 Å². The highest BCUT2D eigenvalue weighted by Gasteiger charge is 2.27. The third-order valence-corrected chi connectivity index (χ3v) is 4.85. The van der Waals surface area contributed by atoms with Crippen molar-refractivity contribution in [3.63, 3.8) is 0 Å². The van der Waals surface area contributed by atoms with Gasteiger partial charge in [0.25, 0.3) is 11.8 Å². The molecule has 2 amide bonds. The predicted octanol–water partition coefficient (Wildman–Crippen LogP) is 3.09. The molecule has 0 radical (unpaired) electrons. The average Bonchev–Trinajstić information content (AvgIpc) is 2.72. The first-order valence-electron chi connectivity index (χ1n) is 8.69. The second-order valence-electron chi connectivity index (χ2n) is 6.31. The molecule has 0 unspecified atom stereocenters. The minimum absolute atomic E-state index is 0.0262. The Morgan fingerprint density at radius 1 is 0.893 bits per heavy atom. The molecule has 1 heterocycles. The number of carbonyl (C=O) groups is 2. The molecule has 0 N–H and O–H groups in total. The summed E-state index contributed by atoms with van der Waals surface area (Å²) < 4.78 is 24.4. The van der Waals surface area contributed by atoms with E-state index in [4.69, 9.17) is 21.1 Å². The first-order chi connectivity index (χ1) is 13.4. The normalized spacial score (nSPS) is 14.0. The summed E-state index contributed by atoms with van der Waals surface area (Å²) in [5.74, 6) is -0.199. The first kappa shape index (κ1) is 19.9. The van der Waals surface area contributed by atoms with Gasteiger partial charge in [0.15, 0.2) is 0 Å². The Balaban J connectivity index is 1.68. The van der Waals surface area contributed by atoms with Crippen LogP contribution in [0, 0.1) is 5.82 Å². The Bertz CT molecular complexity index is 876. The molecule has 3 rings (SSSR count). The van der Waals surface area contributed by atoms with Crippen LogP contribution < -0.4 is 9.47 Å². The molecule has 28 heavy (non-hydrogen) atoms. The van der Waals surface area contributed by atoms with Crippen molar-refractivity contribution < 1.29 is 23.5 Å². The highest BCUT2D eigenvalue weighted by molar-refractivity contribution is 6.30. The zero-order valence-corrected chi connectivity index (χ0v) is 16.3. The molecule has 0 spiro atoms. The van der Waals surface area contributed by atoms with Gasteiger partial charge in [-0.15, -0.1) is 0 Å². The Morgan fingerprint density at radius 2 is 1.43 bits per heavy atom. The smallest absolute Gasteiger partial charge is 0.256 e. The number of piperazine rings is 1. The molecule has 0 bridgehead atoms. The van der Waals surface area contributed by atoms with Gasteiger partial charge in [0, 0.05) is 42.8 Å². The van der Waals surface area contributed by atoms with Crippen LogP contribution in [-0.4, -0.2) is 62.0 Å². The van der Waals surface area contributed by atoms with E-state index < -0.39 is 11.7 Å². The molecular formula is C20H20ClFN2O4. The first-order valence-corrected chi connectivity index (χ1v) is 9.07. The number of carbonyl (C=O) groups excluding carboxylic acids is 2. The van der Waals surface area contributed by atoms with Gasteiger partial charge in [-0.3, -0.25) is 9.59 Å². The second-order valence-corrected chi connectivity index (χ2v) is 6.75. The van der Waals surface area contributed by atoms with E-state index in [1.807, 2.05) is 0 Å². The lowest BCUT2D eigenvalue weighted by Gasteiger charge is -2.35. The van der Waals surface area contributed by atoms with Gasteiger partial charge in [-0.05, 0) is 30.3 Å². The zero-order chi connectivity index (χ0) is 20.3. The highest BCUT2D eigenvalue weighted by Crippen LogP contribution is 2.24. The maximum Gasteiger partial charge on any atom is 0.256 e. The monoisotopic (exact) mass is 406 g/mol. The predicted molar refractivity (Wildman–Crippen MR) is 103 cm³/mol. The highest BCUT2D eigenvalue weighted by atomic mass is 35.5. The van der Waals surface area contributed by atoms with Crippen LogP contribution in [0.1, 0.15) is 20.7 Å². The van der Waals surface area contributed by atoms with Crippen molar-refractivity contribution >= 4 is 23.4 Å². The molecule has 6 nitrogen and oxygen atoms in total. The number of methoxy groups -OCH3 is 2. The van der Waals surface area contributed by atoms with Gasteiger partial charge >= 0.3 is 0 Å². The minimum Gasteiger partial charge on any atom is -0.497 e. The Hall–Kier alpha value is -2.80. The van der Waals surface area contributed by atoms with E-state index >= 15 is 0 Å². The fourth-order valence-electron chi connectivity index (χ4n) is 3.06. The van der Waals surface area contributed by atoms with Crippen LogP contribution in [0.15, 0.2) is 36.4 Å². The summed E-state index contributed by atoms with van der Waals surface area (Å²) in [6, 6.07) is 8.95. The molecule has 1 saturated heterocycles. The summed E-state index contributed by atoms with van der Waals surface area (Å²) in [5.41, 5.74) is 0.418. The van der Waals surface area contributed by atoms with E-state index in [0.717, 1.165) is 6.07 Å². The SMILES string of the molecule is COc1cc(OC)cc(C(=O)N2CCN(C(=O)c3ccc(Cl)cc3F)CC2)c1. The number of halogens is 2. The number of hydrogen-bond acceptors (Lipinski definition) is 4. The maximum absolute atomic E-state index is 14.0. The maximum atomic E-state index is 14.0. The van der Waals surface area contributed by atoms with Crippen molar-refractivity contribution in [2.45, 2.75) is 0 Å². The van der Waals surface area contributed by atoms with Crippen LogP contribution in [-0.2, 0) is 0 Å². The lowest BCUT2D eigenvalue weighted by atomic mass is 10.1. The van der Waals surface area contributed by atoms with Gasteiger partial charge in [-0.1, -0.05) is 11.6 Å². The van der Waals surface area contributed by atoms with Gasteiger partial charge in [0.1, 0.15) is 17.3 Å². The number of hydrogen-bond donors (Lipinski definition) is 0. The van der Waals surface area contributed by atoms with Crippen LogP contribution in [0.2, 0.25) is 5.02 Å². The number of nitrogens with zero attached hydrogens (tertiary/aromatic N) is 2. The molecule has 8 heteroatoms. The van der Waals surface area contributed by atoms with Crippen molar-refractivity contribution in [1.29, 1.82) is 0 Å². The summed E-state index contributed by atoms with van der Waals surface area (Å²) in [6.45, 7) is 1.32. The van der Waals surface area contributed by atoms with E-state index in [1.165, 1.54) is 31.3 Å². The van der Waals surface area contributed by atoms with E-state index in [9.17, 15) is 14.0 Å². The molecule has 2 aromatic carbocycles. The van der Waals surface area contributed by atoms with Crippen molar-refractivity contribution in [2.24, 2.45) is 0 Å². The van der Waals surface area contributed by atoms with E-state index in [1.54, 1.807) is 23.1 Å². The molecule has 0 atom stereocenters. The van der Waals surface area contributed by atoms with Crippen molar-refractivity contribution in [2.75, 3.05) is 40.4 Å². The van der Waals surface area contributed by atoms with E-state index in [2.05, 4.69) is 0 Å². The third-order valence-electron chi connectivity index (χ3n) is 4.61.